The van der Waals surface area contributed by atoms with Crippen molar-refractivity contribution in [1.29, 1.82) is 0 Å². The SMILES string of the molecule is Cc1ccc(S(=O)(=O)N2CCN(c3cc(-c4cccs4)nc4ccccc34)CC2)cc1. The molecule has 3 heterocycles. The fourth-order valence-corrected chi connectivity index (χ4v) is 6.11. The Hall–Kier alpha value is -2.74. The molecule has 7 heteroatoms. The van der Waals surface area contributed by atoms with Gasteiger partial charge in [-0.25, -0.2) is 13.4 Å². The molecular formula is C24H23N3O2S2. The van der Waals surface area contributed by atoms with Crippen LogP contribution in [0.3, 0.4) is 0 Å². The molecular weight excluding hydrogens is 426 g/mol. The molecule has 0 N–H and O–H groups in total. The minimum Gasteiger partial charge on any atom is -0.368 e. The van der Waals surface area contributed by atoms with Gasteiger partial charge in [0.2, 0.25) is 10.0 Å². The highest BCUT2D eigenvalue weighted by atomic mass is 32.2. The second-order valence-electron chi connectivity index (χ2n) is 7.73. The zero-order valence-electron chi connectivity index (χ0n) is 17.2. The number of fused-ring (bicyclic) bond motifs is 1. The summed E-state index contributed by atoms with van der Waals surface area (Å²) < 4.78 is 27.7. The Balaban J connectivity index is 1.43. The summed E-state index contributed by atoms with van der Waals surface area (Å²) >= 11 is 1.67. The van der Waals surface area contributed by atoms with Crippen molar-refractivity contribution in [3.05, 3.63) is 77.7 Å². The first-order chi connectivity index (χ1) is 15.0. The van der Waals surface area contributed by atoms with Gasteiger partial charge in [-0.05, 0) is 42.6 Å². The monoisotopic (exact) mass is 449 g/mol. The quantitative estimate of drug-likeness (QED) is 0.450. The molecule has 0 unspecified atom stereocenters. The number of para-hydroxylation sites is 1. The van der Waals surface area contributed by atoms with Gasteiger partial charge in [-0.3, -0.25) is 0 Å². The Bertz CT molecular complexity index is 1310. The number of sulfonamides is 1. The third-order valence-electron chi connectivity index (χ3n) is 5.71. The summed E-state index contributed by atoms with van der Waals surface area (Å²) in [5.74, 6) is 0. The predicted molar refractivity (Wildman–Crippen MR) is 127 cm³/mol. The van der Waals surface area contributed by atoms with E-state index in [-0.39, 0.29) is 0 Å². The molecule has 5 rings (SSSR count). The third-order valence-corrected chi connectivity index (χ3v) is 8.51. The van der Waals surface area contributed by atoms with E-state index in [1.165, 1.54) is 0 Å². The standard InChI is InChI=1S/C24H23N3O2S2/c1-18-8-10-19(11-9-18)31(28,29)27-14-12-26(13-15-27)23-17-22(24-7-4-16-30-24)25-21-6-3-2-5-20(21)23/h2-11,16-17H,12-15H2,1H3. The molecule has 0 bridgehead atoms. The summed E-state index contributed by atoms with van der Waals surface area (Å²) in [6.45, 7) is 4.16. The van der Waals surface area contributed by atoms with Gasteiger partial charge in [-0.2, -0.15) is 4.31 Å². The van der Waals surface area contributed by atoms with Gasteiger partial charge in [0.1, 0.15) is 0 Å². The van der Waals surface area contributed by atoms with E-state index >= 15 is 0 Å². The molecule has 2 aromatic heterocycles. The van der Waals surface area contributed by atoms with Crippen molar-refractivity contribution in [3.63, 3.8) is 0 Å². The summed E-state index contributed by atoms with van der Waals surface area (Å²) in [6, 6.07) is 21.5. The van der Waals surface area contributed by atoms with E-state index < -0.39 is 10.0 Å². The molecule has 1 saturated heterocycles. The Labute approximate surface area is 186 Å². The molecule has 0 spiro atoms. The number of anilines is 1. The highest BCUT2D eigenvalue weighted by molar-refractivity contribution is 7.89. The van der Waals surface area contributed by atoms with E-state index in [0.29, 0.717) is 31.1 Å². The summed E-state index contributed by atoms with van der Waals surface area (Å²) in [7, 11) is -3.47. The number of piperazine rings is 1. The van der Waals surface area contributed by atoms with E-state index in [2.05, 4.69) is 28.5 Å². The van der Waals surface area contributed by atoms with Crippen molar-refractivity contribution in [2.75, 3.05) is 31.1 Å². The number of pyridine rings is 1. The average Bonchev–Trinajstić information content (AvgIpc) is 3.34. The van der Waals surface area contributed by atoms with Crippen molar-refractivity contribution in [3.8, 4) is 10.6 Å². The first-order valence-corrected chi connectivity index (χ1v) is 12.6. The van der Waals surface area contributed by atoms with Crippen LogP contribution in [0.15, 0.2) is 77.0 Å². The number of hydrogen-bond acceptors (Lipinski definition) is 5. The van der Waals surface area contributed by atoms with Crippen LogP contribution >= 0.6 is 11.3 Å². The Kier molecular flexibility index (Phi) is 5.25. The van der Waals surface area contributed by atoms with Gasteiger partial charge >= 0.3 is 0 Å². The molecule has 1 aliphatic rings. The molecule has 4 aromatic rings. The van der Waals surface area contributed by atoms with Crippen LogP contribution in [0, 0.1) is 6.92 Å². The summed E-state index contributed by atoms with van der Waals surface area (Å²) in [4.78, 5) is 8.63. The molecule has 0 amide bonds. The topological polar surface area (TPSA) is 53.5 Å². The van der Waals surface area contributed by atoms with Crippen LogP contribution in [0.1, 0.15) is 5.56 Å². The van der Waals surface area contributed by atoms with E-state index in [1.54, 1.807) is 27.8 Å². The first kappa shape index (κ1) is 20.2. The number of aryl methyl sites for hydroxylation is 1. The van der Waals surface area contributed by atoms with E-state index in [4.69, 9.17) is 4.98 Å². The molecule has 0 saturated carbocycles. The maximum atomic E-state index is 13.1. The zero-order chi connectivity index (χ0) is 21.4. The maximum absolute atomic E-state index is 13.1. The largest absolute Gasteiger partial charge is 0.368 e. The van der Waals surface area contributed by atoms with Crippen molar-refractivity contribution in [2.24, 2.45) is 0 Å². The number of thiophene rings is 1. The lowest BCUT2D eigenvalue weighted by Crippen LogP contribution is -2.48. The molecule has 1 aliphatic heterocycles. The maximum Gasteiger partial charge on any atom is 0.243 e. The number of aromatic nitrogens is 1. The normalized spacial score (nSPS) is 15.5. The third kappa shape index (κ3) is 3.84. The van der Waals surface area contributed by atoms with Crippen molar-refractivity contribution in [2.45, 2.75) is 11.8 Å². The van der Waals surface area contributed by atoms with Crippen LogP contribution in [-0.2, 0) is 10.0 Å². The van der Waals surface area contributed by atoms with Gasteiger partial charge in [0.25, 0.3) is 0 Å². The lowest BCUT2D eigenvalue weighted by molar-refractivity contribution is 0.385. The van der Waals surface area contributed by atoms with Crippen LogP contribution < -0.4 is 4.90 Å². The molecule has 0 aliphatic carbocycles. The van der Waals surface area contributed by atoms with Gasteiger partial charge in [0, 0.05) is 37.3 Å². The van der Waals surface area contributed by atoms with Crippen LogP contribution in [-0.4, -0.2) is 43.9 Å². The average molecular weight is 450 g/mol. The second-order valence-corrected chi connectivity index (χ2v) is 10.6. The summed E-state index contributed by atoms with van der Waals surface area (Å²) in [5, 5.41) is 3.15. The smallest absolute Gasteiger partial charge is 0.243 e. The van der Waals surface area contributed by atoms with Crippen molar-refractivity contribution in [1.82, 2.24) is 9.29 Å². The van der Waals surface area contributed by atoms with Gasteiger partial charge < -0.3 is 4.90 Å². The molecule has 1 fully saturated rings. The second kappa shape index (κ2) is 8.07. The minimum absolute atomic E-state index is 0.362. The van der Waals surface area contributed by atoms with Crippen LogP contribution in [0.25, 0.3) is 21.5 Å². The lowest BCUT2D eigenvalue weighted by atomic mass is 10.1. The molecule has 0 radical (unpaired) electrons. The minimum atomic E-state index is -3.47. The van der Waals surface area contributed by atoms with Crippen molar-refractivity contribution >= 4 is 38.0 Å². The highest BCUT2D eigenvalue weighted by Gasteiger charge is 2.29. The van der Waals surface area contributed by atoms with E-state index in [9.17, 15) is 8.42 Å². The lowest BCUT2D eigenvalue weighted by Gasteiger charge is -2.36. The molecule has 158 valence electrons. The Morgan fingerprint density at radius 1 is 0.903 bits per heavy atom. The number of rotatable bonds is 4. The molecule has 31 heavy (non-hydrogen) atoms. The fraction of sp³-hybridized carbons (Fsp3) is 0.208. The summed E-state index contributed by atoms with van der Waals surface area (Å²) in [6.07, 6.45) is 0. The van der Waals surface area contributed by atoms with Gasteiger partial charge in [-0.15, -0.1) is 11.3 Å². The van der Waals surface area contributed by atoms with E-state index in [0.717, 1.165) is 32.7 Å². The van der Waals surface area contributed by atoms with Crippen LogP contribution in [0.2, 0.25) is 0 Å². The van der Waals surface area contributed by atoms with Crippen LogP contribution in [0.4, 0.5) is 5.69 Å². The highest BCUT2D eigenvalue weighted by Crippen LogP contribution is 2.33. The van der Waals surface area contributed by atoms with Crippen LogP contribution in [0.5, 0.6) is 0 Å². The molecule has 2 aromatic carbocycles. The summed E-state index contributed by atoms with van der Waals surface area (Å²) in [5.41, 5.74) is 4.08. The Morgan fingerprint density at radius 3 is 2.35 bits per heavy atom. The zero-order valence-corrected chi connectivity index (χ0v) is 18.9. The number of benzene rings is 2. The Morgan fingerprint density at radius 2 is 1.65 bits per heavy atom. The molecule has 5 nitrogen and oxygen atoms in total. The van der Waals surface area contributed by atoms with Gasteiger partial charge in [-0.1, -0.05) is 42.0 Å². The number of nitrogens with zero attached hydrogens (tertiary/aromatic N) is 3. The van der Waals surface area contributed by atoms with Crippen molar-refractivity contribution < 1.29 is 8.42 Å². The first-order valence-electron chi connectivity index (χ1n) is 10.3. The fourth-order valence-electron chi connectivity index (χ4n) is 4.00. The van der Waals surface area contributed by atoms with Gasteiger partial charge in [0.05, 0.1) is 21.0 Å². The van der Waals surface area contributed by atoms with E-state index in [1.807, 2.05) is 43.3 Å². The van der Waals surface area contributed by atoms with Gasteiger partial charge in [0.15, 0.2) is 0 Å². The predicted octanol–water partition coefficient (Wildman–Crippen LogP) is 4.78. The number of hydrogen-bond donors (Lipinski definition) is 0. The molecule has 0 atom stereocenters.